The number of imidazole rings is 1. The zero-order valence-corrected chi connectivity index (χ0v) is 11.2. The summed E-state index contributed by atoms with van der Waals surface area (Å²) in [6.07, 6.45) is 6.31. The van der Waals surface area contributed by atoms with Crippen LogP contribution in [0.1, 0.15) is 36.4 Å². The summed E-state index contributed by atoms with van der Waals surface area (Å²) in [6, 6.07) is 0. The molecular weight excluding hydrogens is 248 g/mol. The quantitative estimate of drug-likeness (QED) is 0.921. The van der Waals surface area contributed by atoms with Gasteiger partial charge >= 0.3 is 0 Å². The molecule has 2 aromatic heterocycles. The molecule has 0 radical (unpaired) electrons. The molecule has 0 unspecified atom stereocenters. The number of nitrogens with one attached hydrogen (secondary N) is 1. The van der Waals surface area contributed by atoms with Crippen molar-refractivity contribution < 1.29 is 4.79 Å². The fourth-order valence-corrected chi connectivity index (χ4v) is 3.18. The van der Waals surface area contributed by atoms with Gasteiger partial charge in [-0.1, -0.05) is 24.2 Å². The van der Waals surface area contributed by atoms with Crippen LogP contribution >= 0.6 is 11.3 Å². The molecule has 2 aromatic rings. The third-order valence-corrected chi connectivity index (χ3v) is 4.20. The van der Waals surface area contributed by atoms with Crippen molar-refractivity contribution >= 4 is 22.2 Å². The van der Waals surface area contributed by atoms with Crippen molar-refractivity contribution in [2.45, 2.75) is 39.2 Å². The van der Waals surface area contributed by atoms with Gasteiger partial charge in [-0.3, -0.25) is 4.79 Å². The summed E-state index contributed by atoms with van der Waals surface area (Å²) in [5.74, 6) is 0.391. The van der Waals surface area contributed by atoms with E-state index in [-0.39, 0.29) is 11.8 Å². The Kier molecular flexibility index (Phi) is 3.03. The van der Waals surface area contributed by atoms with Gasteiger partial charge in [-0.2, -0.15) is 5.10 Å². The lowest BCUT2D eigenvalue weighted by Crippen LogP contribution is -2.28. The average molecular weight is 264 g/mol. The number of nitrogens with zero attached hydrogens (tertiary/aromatic N) is 3. The van der Waals surface area contributed by atoms with Crippen LogP contribution in [-0.2, 0) is 11.3 Å². The molecule has 6 heteroatoms. The molecule has 18 heavy (non-hydrogen) atoms. The lowest BCUT2D eigenvalue weighted by molar-refractivity contribution is -0.124. The number of hydrogen-bond acceptors (Lipinski definition) is 4. The molecule has 1 aliphatic rings. The fourth-order valence-electron chi connectivity index (χ4n) is 2.44. The second-order valence-electron chi connectivity index (χ2n) is 4.78. The van der Waals surface area contributed by atoms with Crippen LogP contribution in [0.3, 0.4) is 0 Å². The first-order chi connectivity index (χ1) is 8.72. The minimum absolute atomic E-state index is 0.174. The molecule has 0 atom stereocenters. The Balaban J connectivity index is 1.61. The molecule has 1 amide bonds. The number of carbonyl (C=O) groups is 1. The number of hydrogen-bond donors (Lipinski definition) is 1. The summed E-state index contributed by atoms with van der Waals surface area (Å²) in [7, 11) is 0. The minimum Gasteiger partial charge on any atom is -0.350 e. The molecule has 0 saturated heterocycles. The Morgan fingerprint density at radius 3 is 3.06 bits per heavy atom. The van der Waals surface area contributed by atoms with Gasteiger partial charge < -0.3 is 5.32 Å². The maximum atomic E-state index is 11.9. The number of aromatic nitrogens is 3. The first-order valence-electron chi connectivity index (χ1n) is 6.32. The van der Waals surface area contributed by atoms with Gasteiger partial charge in [0.1, 0.15) is 5.01 Å². The van der Waals surface area contributed by atoms with Crippen LogP contribution in [0.15, 0.2) is 6.20 Å². The van der Waals surface area contributed by atoms with E-state index in [1.807, 2.05) is 13.1 Å². The lowest BCUT2D eigenvalue weighted by atomic mass is 10.1. The van der Waals surface area contributed by atoms with Crippen molar-refractivity contribution in [2.24, 2.45) is 5.92 Å². The molecule has 1 aliphatic carbocycles. The Hall–Kier alpha value is -1.43. The van der Waals surface area contributed by atoms with Crippen molar-refractivity contribution in [3.8, 4) is 0 Å². The van der Waals surface area contributed by atoms with Crippen LogP contribution in [0.4, 0.5) is 0 Å². The standard InChI is InChI=1S/C12H16N4OS/c1-8-15-16-7-10(14-12(16)18-8)6-13-11(17)9-4-2-3-5-9/h7,9H,2-6H2,1H3,(H,13,17). The smallest absolute Gasteiger partial charge is 0.223 e. The van der Waals surface area contributed by atoms with Gasteiger partial charge in [0.15, 0.2) is 0 Å². The maximum Gasteiger partial charge on any atom is 0.223 e. The first kappa shape index (κ1) is 11.6. The van der Waals surface area contributed by atoms with Crippen molar-refractivity contribution in [1.82, 2.24) is 19.9 Å². The molecule has 2 heterocycles. The zero-order valence-electron chi connectivity index (χ0n) is 10.3. The van der Waals surface area contributed by atoms with E-state index < -0.39 is 0 Å². The zero-order chi connectivity index (χ0) is 12.5. The van der Waals surface area contributed by atoms with E-state index in [2.05, 4.69) is 15.4 Å². The topological polar surface area (TPSA) is 59.3 Å². The van der Waals surface area contributed by atoms with E-state index in [0.717, 1.165) is 28.5 Å². The van der Waals surface area contributed by atoms with Crippen LogP contribution < -0.4 is 5.32 Å². The number of carbonyl (C=O) groups excluding carboxylic acids is 1. The highest BCUT2D eigenvalue weighted by Gasteiger charge is 2.22. The van der Waals surface area contributed by atoms with Gasteiger partial charge in [-0.05, 0) is 19.8 Å². The largest absolute Gasteiger partial charge is 0.350 e. The number of amides is 1. The van der Waals surface area contributed by atoms with Crippen LogP contribution in [-0.4, -0.2) is 20.5 Å². The molecule has 1 fully saturated rings. The maximum absolute atomic E-state index is 11.9. The molecule has 5 nitrogen and oxygen atoms in total. The molecular formula is C12H16N4OS. The van der Waals surface area contributed by atoms with Gasteiger partial charge in [0, 0.05) is 5.92 Å². The van der Waals surface area contributed by atoms with Gasteiger partial charge in [0.05, 0.1) is 18.4 Å². The van der Waals surface area contributed by atoms with E-state index in [0.29, 0.717) is 6.54 Å². The van der Waals surface area contributed by atoms with Crippen molar-refractivity contribution in [3.63, 3.8) is 0 Å². The van der Waals surface area contributed by atoms with Gasteiger partial charge in [0.25, 0.3) is 0 Å². The third kappa shape index (κ3) is 2.25. The highest BCUT2D eigenvalue weighted by atomic mass is 32.1. The van der Waals surface area contributed by atoms with Gasteiger partial charge in [0.2, 0.25) is 10.9 Å². The van der Waals surface area contributed by atoms with Crippen molar-refractivity contribution in [2.75, 3.05) is 0 Å². The van der Waals surface area contributed by atoms with Crippen molar-refractivity contribution in [1.29, 1.82) is 0 Å². The predicted octanol–water partition coefficient (Wildman–Crippen LogP) is 1.91. The first-order valence-corrected chi connectivity index (χ1v) is 7.13. The number of aryl methyl sites for hydroxylation is 1. The molecule has 0 aromatic carbocycles. The second kappa shape index (κ2) is 4.68. The molecule has 1 N–H and O–H groups in total. The van der Waals surface area contributed by atoms with Crippen LogP contribution in [0.25, 0.3) is 4.96 Å². The molecule has 3 rings (SSSR count). The Bertz CT molecular complexity index is 536. The van der Waals surface area contributed by atoms with Crippen molar-refractivity contribution in [3.05, 3.63) is 16.9 Å². The average Bonchev–Trinajstić information content (AvgIpc) is 3.00. The second-order valence-corrected chi connectivity index (χ2v) is 5.94. The van der Waals surface area contributed by atoms with E-state index in [4.69, 9.17) is 0 Å². The number of rotatable bonds is 3. The Labute approximate surface area is 109 Å². The molecule has 0 spiro atoms. The lowest BCUT2D eigenvalue weighted by Gasteiger charge is -2.08. The van der Waals surface area contributed by atoms with Gasteiger partial charge in [-0.25, -0.2) is 9.50 Å². The summed E-state index contributed by atoms with van der Waals surface area (Å²) in [6.45, 7) is 2.46. The van der Waals surface area contributed by atoms with E-state index >= 15 is 0 Å². The summed E-state index contributed by atoms with van der Waals surface area (Å²) >= 11 is 1.56. The Morgan fingerprint density at radius 2 is 2.33 bits per heavy atom. The number of fused-ring (bicyclic) bond motifs is 1. The highest BCUT2D eigenvalue weighted by molar-refractivity contribution is 7.16. The van der Waals surface area contributed by atoms with Crippen LogP contribution in [0.2, 0.25) is 0 Å². The summed E-state index contributed by atoms with van der Waals surface area (Å²) in [4.78, 5) is 17.2. The minimum atomic E-state index is 0.174. The molecule has 0 bridgehead atoms. The van der Waals surface area contributed by atoms with E-state index in [1.165, 1.54) is 12.8 Å². The molecule has 1 saturated carbocycles. The fraction of sp³-hybridized carbons (Fsp3) is 0.583. The third-order valence-electron chi connectivity index (χ3n) is 3.36. The molecule has 96 valence electrons. The van der Waals surface area contributed by atoms with E-state index in [1.54, 1.807) is 15.9 Å². The highest BCUT2D eigenvalue weighted by Crippen LogP contribution is 2.24. The molecule has 0 aliphatic heterocycles. The monoisotopic (exact) mass is 264 g/mol. The summed E-state index contributed by atoms with van der Waals surface area (Å²) in [5, 5.41) is 8.27. The summed E-state index contributed by atoms with van der Waals surface area (Å²) < 4.78 is 1.77. The predicted molar refractivity (Wildman–Crippen MR) is 69.4 cm³/mol. The van der Waals surface area contributed by atoms with Crippen LogP contribution in [0, 0.1) is 12.8 Å². The van der Waals surface area contributed by atoms with E-state index in [9.17, 15) is 4.79 Å². The van der Waals surface area contributed by atoms with Gasteiger partial charge in [-0.15, -0.1) is 0 Å². The van der Waals surface area contributed by atoms with Crippen LogP contribution in [0.5, 0.6) is 0 Å². The SMILES string of the molecule is Cc1nn2cc(CNC(=O)C3CCCC3)nc2s1. The Morgan fingerprint density at radius 1 is 1.56 bits per heavy atom. The summed E-state index contributed by atoms with van der Waals surface area (Å²) in [5.41, 5.74) is 0.875. The normalized spacial score (nSPS) is 16.5.